The van der Waals surface area contributed by atoms with Crippen LogP contribution in [0.4, 0.5) is 0 Å². The molecule has 17 heavy (non-hydrogen) atoms. The SMILES string of the molecule is C=C(C)C(=O)OCC(O)C(C)([SiH3])O[Si](C)(C)C. The highest BCUT2D eigenvalue weighted by Gasteiger charge is 2.34. The molecule has 4 nitrogen and oxygen atoms in total. The molecule has 0 bridgehead atoms. The molecule has 0 spiro atoms. The lowest BCUT2D eigenvalue weighted by Crippen LogP contribution is -2.51. The Balaban J connectivity index is 4.35. The Labute approximate surface area is 108 Å². The number of carbonyl (C=O) groups excluding carboxylic acids is 1. The van der Waals surface area contributed by atoms with Crippen LogP contribution in [0.1, 0.15) is 13.8 Å². The Morgan fingerprint density at radius 2 is 2.00 bits per heavy atom. The zero-order chi connectivity index (χ0) is 13.9. The first kappa shape index (κ1) is 16.6. The highest BCUT2D eigenvalue weighted by atomic mass is 28.4. The van der Waals surface area contributed by atoms with Gasteiger partial charge in [0.15, 0.2) is 8.32 Å². The fraction of sp³-hybridized carbons (Fsp3) is 0.727. The number of aliphatic hydroxyl groups is 1. The molecule has 0 aliphatic heterocycles. The molecule has 1 N–H and O–H groups in total. The van der Waals surface area contributed by atoms with Crippen LogP contribution in [0.3, 0.4) is 0 Å². The third-order valence-electron chi connectivity index (χ3n) is 2.09. The van der Waals surface area contributed by atoms with Crippen LogP contribution in [-0.4, -0.2) is 47.6 Å². The summed E-state index contributed by atoms with van der Waals surface area (Å²) < 4.78 is 10.9. The van der Waals surface area contributed by atoms with Crippen LogP contribution in [0, 0.1) is 0 Å². The van der Waals surface area contributed by atoms with Gasteiger partial charge in [-0.2, -0.15) is 0 Å². The van der Waals surface area contributed by atoms with Gasteiger partial charge in [-0.1, -0.05) is 6.58 Å². The van der Waals surface area contributed by atoms with Crippen LogP contribution in [-0.2, 0) is 14.0 Å². The molecule has 100 valence electrons. The van der Waals surface area contributed by atoms with E-state index < -0.39 is 25.6 Å². The topological polar surface area (TPSA) is 55.8 Å². The normalized spacial score (nSPS) is 17.3. The molecule has 0 aromatic carbocycles. The molecule has 2 unspecified atom stereocenters. The van der Waals surface area contributed by atoms with Crippen molar-refractivity contribution in [3.63, 3.8) is 0 Å². The monoisotopic (exact) mass is 276 g/mol. The maximum atomic E-state index is 11.2. The molecule has 0 saturated carbocycles. The van der Waals surface area contributed by atoms with Crippen molar-refractivity contribution in [3.8, 4) is 0 Å². The van der Waals surface area contributed by atoms with Gasteiger partial charge in [0.25, 0.3) is 0 Å². The van der Waals surface area contributed by atoms with Gasteiger partial charge in [-0.3, -0.25) is 0 Å². The molecule has 0 aromatic rings. The lowest BCUT2D eigenvalue weighted by atomic mass is 10.2. The lowest BCUT2D eigenvalue weighted by molar-refractivity contribution is -0.144. The largest absolute Gasteiger partial charge is 0.459 e. The van der Waals surface area contributed by atoms with Crippen molar-refractivity contribution in [1.82, 2.24) is 0 Å². The molecule has 2 atom stereocenters. The molecule has 0 rings (SSSR count). The van der Waals surface area contributed by atoms with Crippen LogP contribution < -0.4 is 0 Å². The van der Waals surface area contributed by atoms with Crippen LogP contribution in [0.25, 0.3) is 0 Å². The number of aliphatic hydroxyl groups excluding tert-OH is 1. The Morgan fingerprint density at radius 1 is 1.53 bits per heavy atom. The van der Waals surface area contributed by atoms with Crippen molar-refractivity contribution < 1.29 is 19.1 Å². The van der Waals surface area contributed by atoms with E-state index in [1.54, 1.807) is 6.92 Å². The summed E-state index contributed by atoms with van der Waals surface area (Å²) in [5.74, 6) is -0.477. The first-order valence-corrected chi connectivity index (χ1v) is 10.1. The highest BCUT2D eigenvalue weighted by Crippen LogP contribution is 2.19. The summed E-state index contributed by atoms with van der Waals surface area (Å²) in [7, 11) is -1.05. The molecule has 0 aromatic heterocycles. The minimum atomic E-state index is -1.72. The predicted octanol–water partition coefficient (Wildman–Crippen LogP) is 0.400. The van der Waals surface area contributed by atoms with E-state index >= 15 is 0 Å². The van der Waals surface area contributed by atoms with E-state index in [0.29, 0.717) is 15.8 Å². The van der Waals surface area contributed by atoms with Crippen molar-refractivity contribution in [2.75, 3.05) is 6.61 Å². The van der Waals surface area contributed by atoms with Gasteiger partial charge in [-0.15, -0.1) is 0 Å². The molecule has 0 aliphatic carbocycles. The van der Waals surface area contributed by atoms with Crippen molar-refractivity contribution >= 4 is 24.5 Å². The lowest BCUT2D eigenvalue weighted by Gasteiger charge is -2.36. The second-order valence-electron chi connectivity index (χ2n) is 5.71. The van der Waals surface area contributed by atoms with E-state index in [-0.39, 0.29) is 6.61 Å². The minimum Gasteiger partial charge on any atom is -0.459 e. The maximum Gasteiger partial charge on any atom is 0.333 e. The minimum absolute atomic E-state index is 0.0455. The van der Waals surface area contributed by atoms with Crippen molar-refractivity contribution in [1.29, 1.82) is 0 Å². The molecule has 0 amide bonds. The van der Waals surface area contributed by atoms with E-state index in [1.165, 1.54) is 0 Å². The highest BCUT2D eigenvalue weighted by molar-refractivity contribution is 6.70. The molecule has 0 fully saturated rings. The standard InChI is InChI=1S/C11H24O4Si2/c1-8(2)10(13)14-7-9(12)11(3,16)15-17(4,5)6/h9,12H,1,7H2,2-6,16H3. The average molecular weight is 276 g/mol. The number of esters is 1. The molecule has 0 heterocycles. The number of rotatable bonds is 6. The van der Waals surface area contributed by atoms with Gasteiger partial charge in [0.2, 0.25) is 0 Å². The van der Waals surface area contributed by atoms with Crippen LogP contribution in [0.2, 0.25) is 19.6 Å². The molecular formula is C11H24O4Si2. The van der Waals surface area contributed by atoms with Crippen LogP contribution >= 0.6 is 0 Å². The predicted molar refractivity (Wildman–Crippen MR) is 74.6 cm³/mol. The number of hydrogen-bond acceptors (Lipinski definition) is 4. The summed E-state index contributed by atoms with van der Waals surface area (Å²) in [6, 6.07) is 0. The molecular weight excluding hydrogens is 252 g/mol. The van der Waals surface area contributed by atoms with Crippen LogP contribution in [0.15, 0.2) is 12.2 Å². The summed E-state index contributed by atoms with van der Waals surface area (Å²) in [5.41, 5.74) is 0.332. The smallest absolute Gasteiger partial charge is 0.333 e. The Kier molecular flexibility index (Phi) is 5.79. The summed E-state index contributed by atoms with van der Waals surface area (Å²) in [6.07, 6.45) is -0.788. The quantitative estimate of drug-likeness (QED) is 0.433. The summed E-state index contributed by atoms with van der Waals surface area (Å²) in [6.45, 7) is 13.1. The van der Waals surface area contributed by atoms with Gasteiger partial charge in [-0.25, -0.2) is 4.79 Å². The number of carbonyl (C=O) groups is 1. The average Bonchev–Trinajstić information content (AvgIpc) is 2.09. The van der Waals surface area contributed by atoms with Crippen molar-refractivity contribution in [2.24, 2.45) is 0 Å². The summed E-state index contributed by atoms with van der Waals surface area (Å²) in [5, 5.41) is 9.41. The third kappa shape index (κ3) is 6.77. The molecule has 0 aliphatic rings. The fourth-order valence-corrected chi connectivity index (χ4v) is 5.05. The first-order chi connectivity index (χ1) is 7.46. The molecule has 0 radical (unpaired) electrons. The van der Waals surface area contributed by atoms with E-state index in [9.17, 15) is 9.90 Å². The van der Waals surface area contributed by atoms with Gasteiger partial charge >= 0.3 is 5.97 Å². The zero-order valence-corrected chi connectivity index (χ0v) is 14.7. The third-order valence-corrected chi connectivity index (χ3v) is 4.51. The maximum absolute atomic E-state index is 11.2. The Bertz CT molecular complexity index is 294. The number of ether oxygens (including phenoxy) is 1. The van der Waals surface area contributed by atoms with Crippen molar-refractivity contribution in [3.05, 3.63) is 12.2 Å². The van der Waals surface area contributed by atoms with Gasteiger partial charge in [0.05, 0.1) is 5.22 Å². The zero-order valence-electron chi connectivity index (χ0n) is 11.7. The second kappa shape index (κ2) is 5.95. The van der Waals surface area contributed by atoms with E-state index in [4.69, 9.17) is 9.16 Å². The summed E-state index contributed by atoms with van der Waals surface area (Å²) in [4.78, 5) is 11.2. The van der Waals surface area contributed by atoms with Gasteiger partial charge < -0.3 is 14.3 Å². The van der Waals surface area contributed by atoms with Crippen molar-refractivity contribution in [2.45, 2.75) is 44.8 Å². The Hall–Kier alpha value is -0.436. The van der Waals surface area contributed by atoms with Gasteiger partial charge in [0.1, 0.15) is 12.7 Å². The van der Waals surface area contributed by atoms with E-state index in [2.05, 4.69) is 26.2 Å². The number of hydrogen-bond donors (Lipinski definition) is 1. The van der Waals surface area contributed by atoms with Crippen LogP contribution in [0.5, 0.6) is 0 Å². The van der Waals surface area contributed by atoms with E-state index in [1.807, 2.05) is 6.92 Å². The first-order valence-electron chi connectivity index (χ1n) is 5.66. The summed E-state index contributed by atoms with van der Waals surface area (Å²) >= 11 is 0. The fourth-order valence-electron chi connectivity index (χ4n) is 1.34. The second-order valence-corrected chi connectivity index (χ2v) is 12.1. The van der Waals surface area contributed by atoms with Gasteiger partial charge in [-0.05, 0) is 33.5 Å². The van der Waals surface area contributed by atoms with E-state index in [0.717, 1.165) is 0 Å². The Morgan fingerprint density at radius 3 is 2.35 bits per heavy atom. The molecule has 0 saturated heterocycles. The molecule has 6 heteroatoms. The van der Waals surface area contributed by atoms with Gasteiger partial charge in [0, 0.05) is 15.8 Å².